The van der Waals surface area contributed by atoms with Gasteiger partial charge in [-0.2, -0.15) is 0 Å². The third-order valence-corrected chi connectivity index (χ3v) is 3.55. The van der Waals surface area contributed by atoms with Crippen LogP contribution in [0.25, 0.3) is 0 Å². The van der Waals surface area contributed by atoms with E-state index in [2.05, 4.69) is 15.3 Å². The predicted octanol–water partition coefficient (Wildman–Crippen LogP) is 2.12. The Bertz CT molecular complexity index is 414. The van der Waals surface area contributed by atoms with E-state index in [-0.39, 0.29) is 5.91 Å². The number of ether oxygens (including phenoxy) is 1. The quantitative estimate of drug-likeness (QED) is 0.775. The third-order valence-electron chi connectivity index (χ3n) is 3.55. The van der Waals surface area contributed by atoms with E-state index in [4.69, 9.17) is 4.74 Å². The Balaban J connectivity index is 1.61. The summed E-state index contributed by atoms with van der Waals surface area (Å²) in [6.45, 7) is 3.33. The predicted molar refractivity (Wildman–Crippen MR) is 76.6 cm³/mol. The maximum absolute atomic E-state index is 11.8. The summed E-state index contributed by atoms with van der Waals surface area (Å²) < 4.78 is 5.74. The number of hydrogen-bond donors (Lipinski definition) is 1. The molecule has 0 unspecified atom stereocenters. The lowest BCUT2D eigenvalue weighted by molar-refractivity contribution is 0.0565. The first-order valence-electron chi connectivity index (χ1n) is 7.50. The van der Waals surface area contributed by atoms with Crippen molar-refractivity contribution < 1.29 is 9.53 Å². The van der Waals surface area contributed by atoms with E-state index in [1.807, 2.05) is 6.92 Å². The molecular weight excluding hydrogens is 254 g/mol. The van der Waals surface area contributed by atoms with Crippen molar-refractivity contribution >= 4 is 5.91 Å². The molecule has 1 fully saturated rings. The topological polar surface area (TPSA) is 64.1 Å². The Hall–Kier alpha value is -1.49. The van der Waals surface area contributed by atoms with Crippen molar-refractivity contribution in [2.24, 2.45) is 0 Å². The number of nitrogens with zero attached hydrogens (tertiary/aromatic N) is 2. The molecule has 1 aliphatic rings. The second kappa shape index (κ2) is 7.94. The van der Waals surface area contributed by atoms with Crippen LogP contribution in [0, 0.1) is 0 Å². The maximum Gasteiger partial charge on any atom is 0.254 e. The Morgan fingerprint density at radius 3 is 2.70 bits per heavy atom. The molecule has 5 heteroatoms. The largest absolute Gasteiger partial charge is 0.378 e. The van der Waals surface area contributed by atoms with Crippen LogP contribution in [-0.2, 0) is 11.2 Å². The van der Waals surface area contributed by atoms with E-state index in [9.17, 15) is 4.79 Å². The van der Waals surface area contributed by atoms with Crippen LogP contribution in [0.4, 0.5) is 0 Å². The van der Waals surface area contributed by atoms with E-state index in [1.165, 1.54) is 25.7 Å². The molecule has 1 aliphatic carbocycles. The van der Waals surface area contributed by atoms with Crippen LogP contribution in [0.3, 0.4) is 0 Å². The van der Waals surface area contributed by atoms with Gasteiger partial charge in [-0.25, -0.2) is 9.97 Å². The molecule has 20 heavy (non-hydrogen) atoms. The van der Waals surface area contributed by atoms with Gasteiger partial charge in [-0.15, -0.1) is 0 Å². The molecule has 1 saturated carbocycles. The molecule has 0 radical (unpaired) electrons. The van der Waals surface area contributed by atoms with E-state index >= 15 is 0 Å². The minimum atomic E-state index is -0.117. The van der Waals surface area contributed by atoms with Gasteiger partial charge in [0.2, 0.25) is 0 Å². The van der Waals surface area contributed by atoms with Gasteiger partial charge in [0, 0.05) is 32.0 Å². The minimum absolute atomic E-state index is 0.117. The molecule has 0 spiro atoms. The molecule has 1 amide bonds. The van der Waals surface area contributed by atoms with Crippen LogP contribution in [0.5, 0.6) is 0 Å². The van der Waals surface area contributed by atoms with Gasteiger partial charge in [0.25, 0.3) is 5.91 Å². The van der Waals surface area contributed by atoms with Crippen LogP contribution in [-0.4, -0.2) is 35.1 Å². The van der Waals surface area contributed by atoms with Gasteiger partial charge in [-0.1, -0.05) is 19.8 Å². The lowest BCUT2D eigenvalue weighted by atomic mass is 10.3. The maximum atomic E-state index is 11.8. The summed E-state index contributed by atoms with van der Waals surface area (Å²) in [5.41, 5.74) is 0.513. The summed E-state index contributed by atoms with van der Waals surface area (Å²) in [5.74, 6) is 0.639. The zero-order valence-electron chi connectivity index (χ0n) is 12.1. The summed E-state index contributed by atoms with van der Waals surface area (Å²) in [5, 5.41) is 2.86. The average Bonchev–Trinajstić information content (AvgIpc) is 3.00. The highest BCUT2D eigenvalue weighted by molar-refractivity contribution is 5.93. The van der Waals surface area contributed by atoms with E-state index in [0.717, 1.165) is 25.3 Å². The summed E-state index contributed by atoms with van der Waals surface area (Å²) in [7, 11) is 0. The van der Waals surface area contributed by atoms with Crippen LogP contribution < -0.4 is 5.32 Å². The molecule has 0 atom stereocenters. The van der Waals surface area contributed by atoms with Crippen LogP contribution in [0.15, 0.2) is 12.4 Å². The Kier molecular flexibility index (Phi) is 5.92. The van der Waals surface area contributed by atoms with Gasteiger partial charge < -0.3 is 10.1 Å². The van der Waals surface area contributed by atoms with E-state index in [0.29, 0.717) is 18.2 Å². The van der Waals surface area contributed by atoms with Crippen molar-refractivity contribution in [1.29, 1.82) is 0 Å². The monoisotopic (exact) mass is 277 g/mol. The minimum Gasteiger partial charge on any atom is -0.378 e. The van der Waals surface area contributed by atoms with Crippen molar-refractivity contribution in [1.82, 2.24) is 15.3 Å². The Morgan fingerprint density at radius 1 is 1.35 bits per heavy atom. The van der Waals surface area contributed by atoms with Gasteiger partial charge in [-0.3, -0.25) is 4.79 Å². The van der Waals surface area contributed by atoms with Crippen LogP contribution in [0.1, 0.15) is 55.2 Å². The molecule has 1 aromatic heterocycles. The molecule has 0 saturated heterocycles. The number of aryl methyl sites for hydroxylation is 1. The Labute approximate surface area is 120 Å². The normalized spacial score (nSPS) is 15.4. The second-order valence-electron chi connectivity index (χ2n) is 5.13. The van der Waals surface area contributed by atoms with Gasteiger partial charge in [0.1, 0.15) is 5.82 Å². The number of hydrogen-bond acceptors (Lipinski definition) is 4. The van der Waals surface area contributed by atoms with Gasteiger partial charge in [0.05, 0.1) is 11.7 Å². The second-order valence-corrected chi connectivity index (χ2v) is 5.13. The first-order chi connectivity index (χ1) is 9.79. The highest BCUT2D eigenvalue weighted by atomic mass is 16.5. The first kappa shape index (κ1) is 14.9. The summed E-state index contributed by atoms with van der Waals surface area (Å²) in [6.07, 6.45) is 10.2. The zero-order chi connectivity index (χ0) is 14.2. The van der Waals surface area contributed by atoms with Crippen molar-refractivity contribution in [2.75, 3.05) is 13.2 Å². The highest BCUT2D eigenvalue weighted by Crippen LogP contribution is 2.20. The molecule has 1 N–H and O–H groups in total. The average molecular weight is 277 g/mol. The SMILES string of the molecule is CCc1ncc(C(=O)NCCCOC2CCCC2)cn1. The number of aromatic nitrogens is 2. The first-order valence-corrected chi connectivity index (χ1v) is 7.50. The highest BCUT2D eigenvalue weighted by Gasteiger charge is 2.14. The molecule has 0 aromatic carbocycles. The molecular formula is C15H23N3O2. The number of rotatable bonds is 7. The third kappa shape index (κ3) is 4.56. The number of carbonyl (C=O) groups excluding carboxylic acids is 1. The van der Waals surface area contributed by atoms with E-state index in [1.54, 1.807) is 12.4 Å². The van der Waals surface area contributed by atoms with Crippen molar-refractivity contribution in [2.45, 2.75) is 51.6 Å². The standard InChI is InChI=1S/C15H23N3O2/c1-2-14-17-10-12(11-18-14)15(19)16-8-5-9-20-13-6-3-4-7-13/h10-11,13H,2-9H2,1H3,(H,16,19). The molecule has 1 aromatic rings. The van der Waals surface area contributed by atoms with Crippen LogP contribution >= 0.6 is 0 Å². The molecule has 0 aliphatic heterocycles. The van der Waals surface area contributed by atoms with Gasteiger partial charge in [0.15, 0.2) is 0 Å². The molecule has 110 valence electrons. The molecule has 0 bridgehead atoms. The van der Waals surface area contributed by atoms with Gasteiger partial charge in [-0.05, 0) is 19.3 Å². The zero-order valence-corrected chi connectivity index (χ0v) is 12.1. The molecule has 1 heterocycles. The van der Waals surface area contributed by atoms with Gasteiger partial charge >= 0.3 is 0 Å². The lowest BCUT2D eigenvalue weighted by Gasteiger charge is -2.11. The number of amides is 1. The fourth-order valence-electron chi connectivity index (χ4n) is 2.34. The lowest BCUT2D eigenvalue weighted by Crippen LogP contribution is -2.26. The molecule has 5 nitrogen and oxygen atoms in total. The van der Waals surface area contributed by atoms with Crippen molar-refractivity contribution in [3.8, 4) is 0 Å². The summed E-state index contributed by atoms with van der Waals surface area (Å²) in [4.78, 5) is 20.1. The smallest absolute Gasteiger partial charge is 0.254 e. The fourth-order valence-corrected chi connectivity index (χ4v) is 2.34. The Morgan fingerprint density at radius 2 is 2.05 bits per heavy atom. The van der Waals surface area contributed by atoms with Crippen molar-refractivity contribution in [3.63, 3.8) is 0 Å². The number of carbonyl (C=O) groups is 1. The number of nitrogens with one attached hydrogen (secondary N) is 1. The molecule has 2 rings (SSSR count). The van der Waals surface area contributed by atoms with Crippen LogP contribution in [0.2, 0.25) is 0 Å². The van der Waals surface area contributed by atoms with Crippen molar-refractivity contribution in [3.05, 3.63) is 23.8 Å². The van der Waals surface area contributed by atoms with E-state index < -0.39 is 0 Å². The fraction of sp³-hybridized carbons (Fsp3) is 0.667. The summed E-state index contributed by atoms with van der Waals surface area (Å²) >= 11 is 0. The summed E-state index contributed by atoms with van der Waals surface area (Å²) in [6, 6.07) is 0.